The minimum absolute atomic E-state index is 0.0976. The zero-order chi connectivity index (χ0) is 12.0. The standard InChI is InChI=1S/C12H18N2O2/c1-9(2)16-12(15)14-8-11-5-3-10(7-13)4-6-11/h3-6,9H,7-8,13H2,1-2H3,(H,14,15). The molecular weight excluding hydrogens is 204 g/mol. The van der Waals surface area contributed by atoms with Gasteiger partial charge in [-0.25, -0.2) is 4.79 Å². The van der Waals surface area contributed by atoms with Gasteiger partial charge in [0.25, 0.3) is 0 Å². The summed E-state index contributed by atoms with van der Waals surface area (Å²) in [5, 5.41) is 2.68. The molecule has 0 spiro atoms. The molecule has 0 saturated heterocycles. The molecule has 1 aromatic rings. The molecule has 0 atom stereocenters. The van der Waals surface area contributed by atoms with Crippen LogP contribution in [0.2, 0.25) is 0 Å². The van der Waals surface area contributed by atoms with Crippen LogP contribution in [-0.4, -0.2) is 12.2 Å². The number of rotatable bonds is 4. The maximum Gasteiger partial charge on any atom is 0.407 e. The maximum atomic E-state index is 11.2. The summed E-state index contributed by atoms with van der Waals surface area (Å²) in [6, 6.07) is 7.78. The van der Waals surface area contributed by atoms with E-state index >= 15 is 0 Å². The summed E-state index contributed by atoms with van der Waals surface area (Å²) in [7, 11) is 0. The van der Waals surface area contributed by atoms with Gasteiger partial charge in [-0.3, -0.25) is 0 Å². The molecule has 0 aliphatic rings. The van der Waals surface area contributed by atoms with Crippen molar-refractivity contribution in [3.63, 3.8) is 0 Å². The van der Waals surface area contributed by atoms with Crippen molar-refractivity contribution in [2.75, 3.05) is 0 Å². The van der Waals surface area contributed by atoms with Crippen LogP contribution in [0.4, 0.5) is 4.79 Å². The Morgan fingerprint density at radius 1 is 1.31 bits per heavy atom. The lowest BCUT2D eigenvalue weighted by molar-refractivity contribution is 0.115. The molecule has 1 rings (SSSR count). The van der Waals surface area contributed by atoms with Crippen molar-refractivity contribution in [1.82, 2.24) is 5.32 Å². The van der Waals surface area contributed by atoms with Gasteiger partial charge in [0, 0.05) is 13.1 Å². The number of hydrogen-bond donors (Lipinski definition) is 2. The predicted molar refractivity (Wildman–Crippen MR) is 62.8 cm³/mol. The van der Waals surface area contributed by atoms with Gasteiger partial charge >= 0.3 is 6.09 Å². The molecule has 0 aliphatic carbocycles. The van der Waals surface area contributed by atoms with Crippen molar-refractivity contribution in [3.05, 3.63) is 35.4 Å². The van der Waals surface area contributed by atoms with Crippen molar-refractivity contribution in [1.29, 1.82) is 0 Å². The number of nitrogens with one attached hydrogen (secondary N) is 1. The molecule has 0 bridgehead atoms. The lowest BCUT2D eigenvalue weighted by Gasteiger charge is -2.09. The first-order valence-corrected chi connectivity index (χ1v) is 5.34. The zero-order valence-electron chi connectivity index (χ0n) is 9.69. The van der Waals surface area contributed by atoms with Gasteiger partial charge in [0.1, 0.15) is 0 Å². The molecule has 0 aliphatic heterocycles. The molecule has 0 unspecified atom stereocenters. The van der Waals surface area contributed by atoms with Crippen LogP contribution in [-0.2, 0) is 17.8 Å². The van der Waals surface area contributed by atoms with Crippen LogP contribution in [0, 0.1) is 0 Å². The zero-order valence-corrected chi connectivity index (χ0v) is 9.69. The minimum Gasteiger partial charge on any atom is -0.447 e. The van der Waals surface area contributed by atoms with Gasteiger partial charge in [0.05, 0.1) is 6.10 Å². The number of nitrogens with two attached hydrogens (primary N) is 1. The molecule has 4 nitrogen and oxygen atoms in total. The fourth-order valence-electron chi connectivity index (χ4n) is 1.22. The van der Waals surface area contributed by atoms with E-state index in [2.05, 4.69) is 5.32 Å². The highest BCUT2D eigenvalue weighted by atomic mass is 16.6. The van der Waals surface area contributed by atoms with Gasteiger partial charge in [-0.1, -0.05) is 24.3 Å². The number of hydrogen-bond acceptors (Lipinski definition) is 3. The van der Waals surface area contributed by atoms with E-state index in [9.17, 15) is 4.79 Å². The Kier molecular flexibility index (Phi) is 4.79. The summed E-state index contributed by atoms with van der Waals surface area (Å²) in [5.74, 6) is 0. The second kappa shape index (κ2) is 6.12. The average Bonchev–Trinajstić information content (AvgIpc) is 2.26. The third-order valence-corrected chi connectivity index (χ3v) is 2.04. The van der Waals surface area contributed by atoms with E-state index in [1.54, 1.807) is 0 Å². The van der Waals surface area contributed by atoms with Gasteiger partial charge in [0.2, 0.25) is 0 Å². The summed E-state index contributed by atoms with van der Waals surface area (Å²) >= 11 is 0. The van der Waals surface area contributed by atoms with Crippen molar-refractivity contribution in [2.24, 2.45) is 5.73 Å². The number of amides is 1. The van der Waals surface area contributed by atoms with Crippen LogP contribution in [0.15, 0.2) is 24.3 Å². The van der Waals surface area contributed by atoms with Gasteiger partial charge in [-0.2, -0.15) is 0 Å². The molecule has 0 heterocycles. The van der Waals surface area contributed by atoms with Crippen molar-refractivity contribution in [3.8, 4) is 0 Å². The Labute approximate surface area is 95.8 Å². The summed E-state index contributed by atoms with van der Waals surface area (Å²) in [4.78, 5) is 11.2. The molecule has 0 saturated carbocycles. The minimum atomic E-state index is -0.391. The lowest BCUT2D eigenvalue weighted by Crippen LogP contribution is -2.26. The van der Waals surface area contributed by atoms with Gasteiger partial charge in [0.15, 0.2) is 0 Å². The predicted octanol–water partition coefficient (Wildman–Crippen LogP) is 1.78. The van der Waals surface area contributed by atoms with Crippen molar-refractivity contribution < 1.29 is 9.53 Å². The molecule has 0 radical (unpaired) electrons. The summed E-state index contributed by atoms with van der Waals surface area (Å²) < 4.78 is 4.95. The molecule has 0 aromatic heterocycles. The molecule has 16 heavy (non-hydrogen) atoms. The van der Waals surface area contributed by atoms with Crippen LogP contribution >= 0.6 is 0 Å². The molecule has 1 aromatic carbocycles. The molecule has 0 fully saturated rings. The number of carbonyl (C=O) groups is 1. The number of benzene rings is 1. The smallest absolute Gasteiger partial charge is 0.407 e. The van der Waals surface area contributed by atoms with E-state index in [1.807, 2.05) is 38.1 Å². The Morgan fingerprint density at radius 2 is 1.88 bits per heavy atom. The fourth-order valence-corrected chi connectivity index (χ4v) is 1.22. The Hall–Kier alpha value is -1.55. The second-order valence-corrected chi connectivity index (χ2v) is 3.83. The van der Waals surface area contributed by atoms with E-state index in [-0.39, 0.29) is 6.10 Å². The van der Waals surface area contributed by atoms with E-state index < -0.39 is 6.09 Å². The summed E-state index contributed by atoms with van der Waals surface area (Å²) in [6.45, 7) is 4.63. The molecule has 88 valence electrons. The second-order valence-electron chi connectivity index (χ2n) is 3.83. The molecule has 1 amide bonds. The molecule has 3 N–H and O–H groups in total. The van der Waals surface area contributed by atoms with Crippen LogP contribution in [0.25, 0.3) is 0 Å². The third-order valence-electron chi connectivity index (χ3n) is 2.04. The monoisotopic (exact) mass is 222 g/mol. The van der Waals surface area contributed by atoms with Crippen LogP contribution in [0.3, 0.4) is 0 Å². The van der Waals surface area contributed by atoms with E-state index in [0.29, 0.717) is 13.1 Å². The Morgan fingerprint density at radius 3 is 2.38 bits per heavy atom. The van der Waals surface area contributed by atoms with Crippen molar-refractivity contribution >= 4 is 6.09 Å². The van der Waals surface area contributed by atoms with Crippen molar-refractivity contribution in [2.45, 2.75) is 33.0 Å². The highest BCUT2D eigenvalue weighted by Gasteiger charge is 2.03. The maximum absolute atomic E-state index is 11.2. The largest absolute Gasteiger partial charge is 0.447 e. The SMILES string of the molecule is CC(C)OC(=O)NCc1ccc(CN)cc1. The average molecular weight is 222 g/mol. The van der Waals surface area contributed by atoms with Gasteiger partial charge in [-0.15, -0.1) is 0 Å². The third kappa shape index (κ3) is 4.31. The highest BCUT2D eigenvalue weighted by molar-refractivity contribution is 5.67. The first-order valence-electron chi connectivity index (χ1n) is 5.34. The Bertz CT molecular complexity index is 333. The van der Waals surface area contributed by atoms with Crippen LogP contribution < -0.4 is 11.1 Å². The van der Waals surface area contributed by atoms with E-state index in [1.165, 1.54) is 0 Å². The first kappa shape index (κ1) is 12.5. The highest BCUT2D eigenvalue weighted by Crippen LogP contribution is 2.03. The van der Waals surface area contributed by atoms with E-state index in [0.717, 1.165) is 11.1 Å². The topological polar surface area (TPSA) is 64.3 Å². The van der Waals surface area contributed by atoms with Gasteiger partial charge < -0.3 is 15.8 Å². The normalized spacial score (nSPS) is 10.2. The number of carbonyl (C=O) groups excluding carboxylic acids is 1. The number of ether oxygens (including phenoxy) is 1. The van der Waals surface area contributed by atoms with Gasteiger partial charge in [-0.05, 0) is 25.0 Å². The number of alkyl carbamates (subject to hydrolysis) is 1. The fraction of sp³-hybridized carbons (Fsp3) is 0.417. The summed E-state index contributed by atoms with van der Waals surface area (Å²) in [6.07, 6.45) is -0.488. The van der Waals surface area contributed by atoms with E-state index in [4.69, 9.17) is 10.5 Å². The Balaban J connectivity index is 2.39. The van der Waals surface area contributed by atoms with Crippen LogP contribution in [0.5, 0.6) is 0 Å². The van der Waals surface area contributed by atoms with Crippen LogP contribution in [0.1, 0.15) is 25.0 Å². The summed E-state index contributed by atoms with van der Waals surface area (Å²) in [5.41, 5.74) is 7.59. The quantitative estimate of drug-likeness (QED) is 0.816. The molecular formula is C12H18N2O2. The lowest BCUT2D eigenvalue weighted by atomic mass is 10.1. The molecule has 4 heteroatoms. The first-order chi connectivity index (χ1) is 7.61.